The van der Waals surface area contributed by atoms with Crippen molar-refractivity contribution in [1.29, 1.82) is 0 Å². The largest absolute Gasteiger partial charge is 1.00 e. The van der Waals surface area contributed by atoms with E-state index in [1.807, 2.05) is 35.0 Å². The van der Waals surface area contributed by atoms with E-state index in [4.69, 9.17) is 5.73 Å². The van der Waals surface area contributed by atoms with E-state index in [2.05, 4.69) is 12.1 Å². The van der Waals surface area contributed by atoms with Gasteiger partial charge in [-0.2, -0.15) is 4.57 Å². The molecule has 0 aliphatic rings. The molecule has 84 valence electrons. The van der Waals surface area contributed by atoms with E-state index in [0.717, 1.165) is 5.52 Å². The van der Waals surface area contributed by atoms with Gasteiger partial charge in [-0.05, 0) is 12.1 Å². The smallest absolute Gasteiger partial charge is 0.223 e. The number of hydrogen-bond donors (Lipinski definition) is 1. The number of aryl methyl sites for hydroxylation is 1. The number of para-hydroxylation sites is 1. The second-order valence-corrected chi connectivity index (χ2v) is 3.48. The predicted molar refractivity (Wildman–Crippen MR) is 58.0 cm³/mol. The highest BCUT2D eigenvalue weighted by Gasteiger charge is 2.07. The fourth-order valence-corrected chi connectivity index (χ4v) is 1.65. The number of primary amides is 1. The topological polar surface area (TPSA) is 47.0 Å². The molecule has 0 bridgehead atoms. The Balaban J connectivity index is 0.00000128. The summed E-state index contributed by atoms with van der Waals surface area (Å²) in [4.78, 5) is 10.7. The zero-order valence-corrected chi connectivity index (χ0v) is 9.52. The van der Waals surface area contributed by atoms with Gasteiger partial charge in [-0.1, -0.05) is 12.1 Å². The van der Waals surface area contributed by atoms with Crippen LogP contribution in [0.3, 0.4) is 0 Å². The van der Waals surface area contributed by atoms with Crippen molar-refractivity contribution in [2.75, 3.05) is 0 Å². The summed E-state index contributed by atoms with van der Waals surface area (Å²) in [6.45, 7) is 0.636. The summed E-state index contributed by atoms with van der Waals surface area (Å²) in [5.41, 5.74) is 6.26. The van der Waals surface area contributed by atoms with Crippen molar-refractivity contribution < 1.29 is 21.8 Å². The summed E-state index contributed by atoms with van der Waals surface area (Å²) in [6, 6.07) is 12.1. The second-order valence-electron chi connectivity index (χ2n) is 3.48. The van der Waals surface area contributed by atoms with Crippen LogP contribution < -0.4 is 22.7 Å². The van der Waals surface area contributed by atoms with E-state index in [9.17, 15) is 4.79 Å². The summed E-state index contributed by atoms with van der Waals surface area (Å²) in [6.07, 6.45) is 2.34. The number of aromatic nitrogens is 1. The van der Waals surface area contributed by atoms with Crippen LogP contribution >= 0.6 is 0 Å². The van der Waals surface area contributed by atoms with Crippen molar-refractivity contribution in [3.63, 3.8) is 0 Å². The quantitative estimate of drug-likeness (QED) is 0.617. The third-order valence-electron chi connectivity index (χ3n) is 2.39. The lowest BCUT2D eigenvalue weighted by Crippen LogP contribution is -3.00. The van der Waals surface area contributed by atoms with Gasteiger partial charge in [0.15, 0.2) is 12.7 Å². The van der Waals surface area contributed by atoms with E-state index in [-0.39, 0.29) is 18.3 Å². The lowest BCUT2D eigenvalue weighted by atomic mass is 10.2. The Bertz CT molecular complexity index is 494. The first-order valence-electron chi connectivity index (χ1n) is 4.93. The standard InChI is InChI=1S/C12H12N2O.ClH/c13-12(15)7-9-14-8-3-5-10-4-1-2-6-11(10)14;/h1-6,8H,7,9H2,(H-,13,15);1H. The van der Waals surface area contributed by atoms with Gasteiger partial charge in [-0.25, -0.2) is 0 Å². The molecule has 0 saturated carbocycles. The summed E-state index contributed by atoms with van der Waals surface area (Å²) < 4.78 is 2.04. The highest BCUT2D eigenvalue weighted by Crippen LogP contribution is 2.07. The minimum Gasteiger partial charge on any atom is -1.00 e. The molecule has 16 heavy (non-hydrogen) atoms. The predicted octanol–water partition coefficient (Wildman–Crippen LogP) is -1.99. The number of rotatable bonds is 3. The number of halogens is 1. The molecule has 3 nitrogen and oxygen atoms in total. The van der Waals surface area contributed by atoms with Crippen LogP contribution in [0, 0.1) is 0 Å². The molecule has 0 atom stereocenters. The highest BCUT2D eigenvalue weighted by atomic mass is 35.5. The number of pyridine rings is 1. The molecule has 0 radical (unpaired) electrons. The molecule has 0 aliphatic heterocycles. The van der Waals surface area contributed by atoms with E-state index in [0.29, 0.717) is 13.0 Å². The molecule has 2 N–H and O–H groups in total. The van der Waals surface area contributed by atoms with Gasteiger partial charge in [0.2, 0.25) is 11.4 Å². The Labute approximate surface area is 100 Å². The molecule has 1 amide bonds. The van der Waals surface area contributed by atoms with Crippen molar-refractivity contribution >= 4 is 16.8 Å². The highest BCUT2D eigenvalue weighted by molar-refractivity contribution is 5.75. The monoisotopic (exact) mass is 236 g/mol. The van der Waals surface area contributed by atoms with Crippen molar-refractivity contribution in [2.45, 2.75) is 13.0 Å². The minimum absolute atomic E-state index is 0. The first kappa shape index (κ1) is 12.5. The van der Waals surface area contributed by atoms with Gasteiger partial charge in [0.25, 0.3) is 0 Å². The molecule has 2 aromatic rings. The van der Waals surface area contributed by atoms with E-state index >= 15 is 0 Å². The average molecular weight is 237 g/mol. The van der Waals surface area contributed by atoms with Crippen LogP contribution in [0.25, 0.3) is 10.9 Å². The van der Waals surface area contributed by atoms with Crippen LogP contribution in [0.2, 0.25) is 0 Å². The lowest BCUT2D eigenvalue weighted by Gasteiger charge is -1.99. The maximum absolute atomic E-state index is 10.7. The summed E-state index contributed by atoms with van der Waals surface area (Å²) in [5.74, 6) is -0.268. The molecule has 0 unspecified atom stereocenters. The molecule has 1 aromatic heterocycles. The van der Waals surface area contributed by atoms with Gasteiger partial charge in [0, 0.05) is 17.5 Å². The van der Waals surface area contributed by atoms with Crippen LogP contribution in [0.15, 0.2) is 42.6 Å². The number of benzene rings is 1. The first-order valence-corrected chi connectivity index (χ1v) is 4.93. The number of fused-ring (bicyclic) bond motifs is 1. The molecule has 4 heteroatoms. The molecule has 1 heterocycles. The number of nitrogens with two attached hydrogens (primary N) is 1. The third-order valence-corrected chi connectivity index (χ3v) is 2.39. The Hall–Kier alpha value is -1.61. The van der Waals surface area contributed by atoms with Crippen molar-refractivity contribution in [1.82, 2.24) is 0 Å². The van der Waals surface area contributed by atoms with Gasteiger partial charge in [-0.15, -0.1) is 0 Å². The Morgan fingerprint density at radius 3 is 2.62 bits per heavy atom. The fourth-order valence-electron chi connectivity index (χ4n) is 1.65. The number of carbonyl (C=O) groups is 1. The van der Waals surface area contributed by atoms with Crippen LogP contribution in [0.1, 0.15) is 6.42 Å². The molecular weight excluding hydrogens is 224 g/mol. The van der Waals surface area contributed by atoms with Crippen molar-refractivity contribution in [3.05, 3.63) is 42.6 Å². The zero-order chi connectivity index (χ0) is 10.7. The summed E-state index contributed by atoms with van der Waals surface area (Å²) in [7, 11) is 0. The van der Waals surface area contributed by atoms with Gasteiger partial charge >= 0.3 is 0 Å². The third kappa shape index (κ3) is 2.70. The maximum atomic E-state index is 10.7. The van der Waals surface area contributed by atoms with Crippen LogP contribution in [0.4, 0.5) is 0 Å². The maximum Gasteiger partial charge on any atom is 0.223 e. The zero-order valence-electron chi connectivity index (χ0n) is 8.77. The van der Waals surface area contributed by atoms with Crippen LogP contribution in [0.5, 0.6) is 0 Å². The lowest BCUT2D eigenvalue weighted by molar-refractivity contribution is -0.670. The number of hydrogen-bond acceptors (Lipinski definition) is 1. The van der Waals surface area contributed by atoms with Gasteiger partial charge in [0.05, 0.1) is 6.42 Å². The summed E-state index contributed by atoms with van der Waals surface area (Å²) >= 11 is 0. The fraction of sp³-hybridized carbons (Fsp3) is 0.167. The van der Waals surface area contributed by atoms with Crippen molar-refractivity contribution in [2.24, 2.45) is 5.73 Å². The Morgan fingerprint density at radius 2 is 1.88 bits per heavy atom. The van der Waals surface area contributed by atoms with E-state index < -0.39 is 0 Å². The molecule has 0 fully saturated rings. The number of amides is 1. The molecule has 1 aromatic carbocycles. The average Bonchev–Trinajstić information content (AvgIpc) is 2.26. The van der Waals surface area contributed by atoms with E-state index in [1.54, 1.807) is 0 Å². The number of nitrogens with zero attached hydrogens (tertiary/aromatic N) is 1. The number of carbonyl (C=O) groups excluding carboxylic acids is 1. The normalized spacial score (nSPS) is 9.75. The Morgan fingerprint density at radius 1 is 1.19 bits per heavy atom. The van der Waals surface area contributed by atoms with Crippen LogP contribution in [-0.2, 0) is 11.3 Å². The molecule has 2 rings (SSSR count). The van der Waals surface area contributed by atoms with Gasteiger partial charge in [-0.3, -0.25) is 4.79 Å². The SMILES string of the molecule is NC(=O)CC[n+]1cccc2ccccc21.[Cl-]. The van der Waals surface area contributed by atoms with E-state index in [1.165, 1.54) is 5.39 Å². The van der Waals surface area contributed by atoms with Crippen LogP contribution in [-0.4, -0.2) is 5.91 Å². The Kier molecular flexibility index (Phi) is 4.26. The second kappa shape index (κ2) is 5.47. The molecular formula is C12H13ClN2O. The van der Waals surface area contributed by atoms with Crippen molar-refractivity contribution in [3.8, 4) is 0 Å². The first-order chi connectivity index (χ1) is 7.27. The minimum atomic E-state index is -0.268. The van der Waals surface area contributed by atoms with Gasteiger partial charge < -0.3 is 18.1 Å². The molecule has 0 saturated heterocycles. The van der Waals surface area contributed by atoms with Gasteiger partial charge in [0.1, 0.15) is 0 Å². The summed E-state index contributed by atoms with van der Waals surface area (Å²) in [5, 5.41) is 1.17. The molecule has 0 spiro atoms. The molecule has 0 aliphatic carbocycles.